The SMILES string of the molecule is C=C1CCCN(Cc2ccc(C(F)(F)F)cc2)/C(=C(/C=C\C)OCc2ccc(CCC(=O)[O-])c(F)c2)C1.[Na+]. The molecule has 38 heavy (non-hydrogen) atoms. The zero-order valence-corrected chi connectivity index (χ0v) is 23.7. The van der Waals surface area contributed by atoms with E-state index in [1.54, 1.807) is 12.1 Å². The van der Waals surface area contributed by atoms with Crippen LogP contribution in [0.2, 0.25) is 0 Å². The summed E-state index contributed by atoms with van der Waals surface area (Å²) in [5.74, 6) is -1.16. The minimum Gasteiger partial charge on any atom is -0.550 e. The van der Waals surface area contributed by atoms with Crippen molar-refractivity contribution in [1.82, 2.24) is 4.90 Å². The maximum absolute atomic E-state index is 14.5. The first-order chi connectivity index (χ1) is 17.6. The van der Waals surface area contributed by atoms with Gasteiger partial charge < -0.3 is 19.5 Å². The van der Waals surface area contributed by atoms with Gasteiger partial charge >= 0.3 is 35.7 Å². The summed E-state index contributed by atoms with van der Waals surface area (Å²) >= 11 is 0. The van der Waals surface area contributed by atoms with E-state index in [9.17, 15) is 27.5 Å². The summed E-state index contributed by atoms with van der Waals surface area (Å²) in [6.07, 6.45) is 1.28. The number of carbonyl (C=O) groups is 1. The Kier molecular flexibility index (Phi) is 12.1. The Hall–Kier alpha value is -2.55. The second kappa shape index (κ2) is 14.6. The summed E-state index contributed by atoms with van der Waals surface area (Å²) < 4.78 is 59.5. The van der Waals surface area contributed by atoms with Crippen molar-refractivity contribution in [3.63, 3.8) is 0 Å². The number of carboxylic acid groups (broad SMARTS) is 1. The smallest absolute Gasteiger partial charge is 0.550 e. The van der Waals surface area contributed by atoms with Crippen LogP contribution in [0.15, 0.2) is 78.2 Å². The predicted octanol–water partition coefficient (Wildman–Crippen LogP) is 3.08. The van der Waals surface area contributed by atoms with Gasteiger partial charge in [-0.05, 0) is 73.6 Å². The number of likely N-dealkylation sites (tertiary alicyclic amines) is 1. The van der Waals surface area contributed by atoms with Gasteiger partial charge in [-0.25, -0.2) is 4.39 Å². The quantitative estimate of drug-likeness (QED) is 0.213. The summed E-state index contributed by atoms with van der Waals surface area (Å²) in [5.41, 5.74) is 2.83. The molecule has 2 aromatic carbocycles. The number of aliphatic carboxylic acids is 1. The van der Waals surface area contributed by atoms with Gasteiger partial charge in [0.25, 0.3) is 0 Å². The maximum atomic E-state index is 14.5. The number of benzene rings is 2. The Morgan fingerprint density at radius 2 is 1.84 bits per heavy atom. The van der Waals surface area contributed by atoms with Crippen LogP contribution in [0, 0.1) is 5.82 Å². The number of carbonyl (C=O) groups excluding carboxylic acids is 1. The minimum absolute atomic E-state index is 0. The number of nitrogens with zero attached hydrogens (tertiary/aromatic N) is 1. The molecule has 198 valence electrons. The first-order valence-corrected chi connectivity index (χ1v) is 12.1. The molecule has 9 heteroatoms. The molecule has 0 bridgehead atoms. The van der Waals surface area contributed by atoms with Crippen LogP contribution in [-0.4, -0.2) is 17.4 Å². The van der Waals surface area contributed by atoms with Crippen molar-refractivity contribution in [2.24, 2.45) is 0 Å². The molecule has 0 unspecified atom stereocenters. The van der Waals surface area contributed by atoms with E-state index in [2.05, 4.69) is 11.5 Å². The predicted molar refractivity (Wildman–Crippen MR) is 131 cm³/mol. The number of rotatable bonds is 9. The fraction of sp³-hybridized carbons (Fsp3) is 0.345. The van der Waals surface area contributed by atoms with Gasteiger partial charge in [0.2, 0.25) is 0 Å². The molecule has 0 aliphatic carbocycles. The van der Waals surface area contributed by atoms with Crippen LogP contribution in [0.4, 0.5) is 17.6 Å². The number of aryl methyl sites for hydroxylation is 1. The second-order valence-corrected chi connectivity index (χ2v) is 9.04. The van der Waals surface area contributed by atoms with E-state index in [0.717, 1.165) is 41.8 Å². The number of carboxylic acids is 1. The minimum atomic E-state index is -4.39. The molecule has 2 aromatic rings. The van der Waals surface area contributed by atoms with Crippen LogP contribution in [-0.2, 0) is 35.3 Å². The summed E-state index contributed by atoms with van der Waals surface area (Å²) in [4.78, 5) is 12.8. The van der Waals surface area contributed by atoms with E-state index in [0.29, 0.717) is 36.4 Å². The molecule has 0 spiro atoms. The molecule has 0 atom stereocenters. The van der Waals surface area contributed by atoms with Crippen LogP contribution in [0.25, 0.3) is 0 Å². The van der Waals surface area contributed by atoms with Crippen molar-refractivity contribution >= 4 is 5.97 Å². The van der Waals surface area contributed by atoms with E-state index in [1.807, 2.05) is 19.1 Å². The molecular formula is C29H30F4NNaO3. The number of hydrogen-bond donors (Lipinski definition) is 0. The monoisotopic (exact) mass is 539 g/mol. The molecule has 0 N–H and O–H groups in total. The van der Waals surface area contributed by atoms with Crippen molar-refractivity contribution in [3.05, 3.63) is 106 Å². The van der Waals surface area contributed by atoms with Crippen LogP contribution in [0.3, 0.4) is 0 Å². The van der Waals surface area contributed by atoms with Crippen LogP contribution in [0.1, 0.15) is 54.9 Å². The third-order valence-corrected chi connectivity index (χ3v) is 6.12. The third kappa shape index (κ3) is 9.33. The van der Waals surface area contributed by atoms with Crippen LogP contribution < -0.4 is 34.7 Å². The normalized spacial score (nSPS) is 15.7. The Morgan fingerprint density at radius 1 is 1.16 bits per heavy atom. The van der Waals surface area contributed by atoms with E-state index < -0.39 is 23.5 Å². The van der Waals surface area contributed by atoms with Crippen LogP contribution >= 0.6 is 0 Å². The summed E-state index contributed by atoms with van der Waals surface area (Å²) in [6.45, 7) is 7.18. The molecule has 1 fully saturated rings. The molecule has 1 heterocycles. The summed E-state index contributed by atoms with van der Waals surface area (Å²) in [6, 6.07) is 9.71. The van der Waals surface area contributed by atoms with Gasteiger partial charge in [0.15, 0.2) is 0 Å². The van der Waals surface area contributed by atoms with Gasteiger partial charge in [-0.2, -0.15) is 13.2 Å². The maximum Gasteiger partial charge on any atom is 1.00 e. The zero-order chi connectivity index (χ0) is 27.0. The van der Waals surface area contributed by atoms with E-state index >= 15 is 0 Å². The van der Waals surface area contributed by atoms with E-state index in [-0.39, 0.29) is 49.0 Å². The summed E-state index contributed by atoms with van der Waals surface area (Å²) in [7, 11) is 0. The topological polar surface area (TPSA) is 52.6 Å². The van der Waals surface area contributed by atoms with Gasteiger partial charge in [-0.3, -0.25) is 0 Å². The van der Waals surface area contributed by atoms with Gasteiger partial charge in [-0.15, -0.1) is 0 Å². The third-order valence-electron chi connectivity index (χ3n) is 6.12. The molecule has 1 aliphatic heterocycles. The van der Waals surface area contributed by atoms with Crippen molar-refractivity contribution < 1.29 is 61.8 Å². The average Bonchev–Trinajstić information content (AvgIpc) is 3.01. The van der Waals surface area contributed by atoms with Crippen molar-refractivity contribution in [3.8, 4) is 0 Å². The molecule has 1 aliphatic rings. The number of allylic oxidation sites excluding steroid dienone is 3. The Morgan fingerprint density at radius 3 is 2.45 bits per heavy atom. The first-order valence-electron chi connectivity index (χ1n) is 12.1. The van der Waals surface area contributed by atoms with Crippen molar-refractivity contribution in [2.75, 3.05) is 6.54 Å². The van der Waals surface area contributed by atoms with Crippen molar-refractivity contribution in [2.45, 2.75) is 58.4 Å². The number of halogens is 4. The molecular weight excluding hydrogens is 509 g/mol. The Balaban J connectivity index is 0.00000507. The Bertz CT molecular complexity index is 1170. The van der Waals surface area contributed by atoms with Gasteiger partial charge in [0, 0.05) is 25.5 Å². The van der Waals surface area contributed by atoms with Crippen LogP contribution in [0.5, 0.6) is 0 Å². The molecule has 3 rings (SSSR count). The standard InChI is InChI=1S/C29H31F4NO3.Na/c1-3-5-27(37-19-22-7-10-23(25(30)17-22)11-14-28(35)36)26-16-20(2)6-4-15-34(26)18-21-8-12-24(13-9-21)29(31,32)33;/h3,5,7-10,12-13,17H,2,4,6,11,14-16,18-19H2,1H3,(H,35,36);/q;+1/p-1/b5-3-,27-26-;. The Labute approximate surface area is 243 Å². The van der Waals surface area contributed by atoms with E-state index in [1.165, 1.54) is 18.2 Å². The molecule has 0 radical (unpaired) electrons. The molecule has 0 aromatic heterocycles. The number of alkyl halides is 3. The molecule has 1 saturated heterocycles. The van der Waals surface area contributed by atoms with Gasteiger partial charge in [-0.1, -0.05) is 42.5 Å². The van der Waals surface area contributed by atoms with Gasteiger partial charge in [0.1, 0.15) is 18.2 Å². The fourth-order valence-electron chi connectivity index (χ4n) is 4.19. The average molecular weight is 540 g/mol. The van der Waals surface area contributed by atoms with Gasteiger partial charge in [0.05, 0.1) is 11.3 Å². The van der Waals surface area contributed by atoms with Crippen molar-refractivity contribution in [1.29, 1.82) is 0 Å². The summed E-state index contributed by atoms with van der Waals surface area (Å²) in [5, 5.41) is 10.7. The molecule has 4 nitrogen and oxygen atoms in total. The first kappa shape index (κ1) is 31.7. The fourth-order valence-corrected chi connectivity index (χ4v) is 4.19. The molecule has 0 saturated carbocycles. The van der Waals surface area contributed by atoms with E-state index in [4.69, 9.17) is 4.74 Å². The second-order valence-electron chi connectivity index (χ2n) is 9.04. The number of hydrogen-bond acceptors (Lipinski definition) is 4. The zero-order valence-electron chi connectivity index (χ0n) is 21.7. The largest absolute Gasteiger partial charge is 1.00 e. The number of ether oxygens (including phenoxy) is 1. The molecule has 0 amide bonds.